The Morgan fingerprint density at radius 1 is 1.15 bits per heavy atom. The number of aromatic nitrogens is 4. The number of H-pyrrole nitrogens is 1. The van der Waals surface area contributed by atoms with Crippen molar-refractivity contribution in [2.24, 2.45) is 0 Å². The fourth-order valence-corrected chi connectivity index (χ4v) is 6.18. The van der Waals surface area contributed by atoms with Gasteiger partial charge >= 0.3 is 18.3 Å². The van der Waals surface area contributed by atoms with Crippen molar-refractivity contribution in [3.05, 3.63) is 65.4 Å². The molecule has 0 saturated carbocycles. The van der Waals surface area contributed by atoms with Gasteiger partial charge in [-0.2, -0.15) is 18.7 Å². The summed E-state index contributed by atoms with van der Waals surface area (Å²) in [6.45, 7) is 0.874. The van der Waals surface area contributed by atoms with Gasteiger partial charge in [0, 0.05) is 24.7 Å². The molecule has 3 atom stereocenters. The summed E-state index contributed by atoms with van der Waals surface area (Å²) >= 11 is 0. The predicted molar refractivity (Wildman–Crippen MR) is 161 cm³/mol. The van der Waals surface area contributed by atoms with Crippen molar-refractivity contribution >= 4 is 17.6 Å². The highest BCUT2D eigenvalue weighted by Crippen LogP contribution is 2.41. The minimum Gasteiger partial charge on any atom is -0.480 e. The summed E-state index contributed by atoms with van der Waals surface area (Å²) in [5.41, 5.74) is 0.611. The number of hydrogen-bond donors (Lipinski definition) is 2. The van der Waals surface area contributed by atoms with E-state index in [4.69, 9.17) is 18.6 Å². The normalized spacial score (nSPS) is 22.0. The lowest BCUT2D eigenvalue weighted by Crippen LogP contribution is -2.68. The fraction of sp³-hybridized carbons (Fsp3) is 0.387. The van der Waals surface area contributed by atoms with Crippen LogP contribution in [0.5, 0.6) is 11.6 Å². The van der Waals surface area contributed by atoms with Crippen molar-refractivity contribution in [1.29, 1.82) is 0 Å². The highest BCUT2D eigenvalue weighted by Gasteiger charge is 2.50. The Morgan fingerprint density at radius 2 is 2.00 bits per heavy atom. The number of carboxylic acids is 1. The molecule has 3 aromatic heterocycles. The van der Waals surface area contributed by atoms with Crippen LogP contribution in [0.4, 0.5) is 20.4 Å². The number of pyridine rings is 1. The predicted octanol–water partition coefficient (Wildman–Crippen LogP) is 3.19. The lowest BCUT2D eigenvalue weighted by atomic mass is 9.90. The Balaban J connectivity index is 1.22. The number of carbonyl (C=O) groups is 1. The number of ether oxygens (including phenoxy) is 4. The van der Waals surface area contributed by atoms with Gasteiger partial charge in [-0.15, -0.1) is 0 Å². The van der Waals surface area contributed by atoms with Crippen LogP contribution >= 0.6 is 0 Å². The van der Waals surface area contributed by atoms with Crippen LogP contribution in [-0.2, 0) is 14.3 Å². The van der Waals surface area contributed by atoms with Crippen LogP contribution in [0.25, 0.3) is 22.7 Å². The molecule has 3 saturated heterocycles. The van der Waals surface area contributed by atoms with Crippen molar-refractivity contribution in [1.82, 2.24) is 19.9 Å². The van der Waals surface area contributed by atoms with E-state index in [0.29, 0.717) is 48.9 Å². The lowest BCUT2D eigenvalue weighted by Gasteiger charge is -2.53. The van der Waals surface area contributed by atoms with Crippen molar-refractivity contribution in [2.45, 2.75) is 43.7 Å². The highest BCUT2D eigenvalue weighted by atomic mass is 19.3. The Morgan fingerprint density at radius 3 is 2.72 bits per heavy atom. The third-order valence-electron chi connectivity index (χ3n) is 8.65. The molecule has 0 aliphatic carbocycles. The summed E-state index contributed by atoms with van der Waals surface area (Å²) in [4.78, 5) is 43.8. The average molecular weight is 653 g/mol. The molecule has 3 aliphatic rings. The van der Waals surface area contributed by atoms with Crippen molar-refractivity contribution in [2.75, 3.05) is 42.7 Å². The largest absolute Gasteiger partial charge is 0.480 e. The number of furan rings is 1. The molecule has 2 N–H and O–H groups in total. The van der Waals surface area contributed by atoms with Gasteiger partial charge in [-0.25, -0.2) is 14.6 Å². The Hall–Kier alpha value is -5.09. The summed E-state index contributed by atoms with van der Waals surface area (Å²) in [5, 5.41) is 10.1. The number of halogens is 2. The topological polar surface area (TPSA) is 165 Å². The molecule has 246 valence electrons. The number of benzene rings is 1. The Bertz CT molecular complexity index is 1820. The zero-order chi connectivity index (χ0) is 32.7. The summed E-state index contributed by atoms with van der Waals surface area (Å²) in [6.07, 6.45) is 2.36. The molecule has 3 fully saturated rings. The SMILES string of the molecule is C[C@@H]1N(c2cc(-c3cccc(OC(F)F)c3)cnc2O[C@H]2C[C@@H](C(=O)O)N(c3nc(-c4ccco4)[nH]c(=O)n3)C2)CCOC12COC2. The first-order valence-corrected chi connectivity index (χ1v) is 14.9. The molecule has 0 amide bonds. The first kappa shape index (κ1) is 30.6. The molecule has 3 aliphatic heterocycles. The van der Waals surface area contributed by atoms with Gasteiger partial charge in [0.1, 0.15) is 29.2 Å². The van der Waals surface area contributed by atoms with Crippen LogP contribution < -0.4 is 25.0 Å². The standard InChI is InChI=1S/C31H30F2N6O8/c1-17-31(15-43-16-31)45-9-7-38(17)22-11-19(18-4-2-5-20(10-18)47-28(32)33)13-34-26(22)46-21-12-23(27(40)41)39(14-21)29-35-25(36-30(42)37-29)24-6-3-8-44-24/h2-6,8,10-11,13,17,21,23,28H,7,9,12,14-16H2,1H3,(H,40,41)(H,35,36,37,42)/t17-,21-,23-/m0/s1. The van der Waals surface area contributed by atoms with E-state index in [1.807, 2.05) is 13.0 Å². The van der Waals surface area contributed by atoms with E-state index in [0.717, 1.165) is 0 Å². The minimum atomic E-state index is -2.97. The lowest BCUT2D eigenvalue weighted by molar-refractivity contribution is -0.228. The maximum atomic E-state index is 12.9. The van der Waals surface area contributed by atoms with Crippen LogP contribution in [0.2, 0.25) is 0 Å². The van der Waals surface area contributed by atoms with E-state index < -0.39 is 36.0 Å². The minimum absolute atomic E-state index is 0.00705. The summed E-state index contributed by atoms with van der Waals surface area (Å²) in [7, 11) is 0. The highest BCUT2D eigenvalue weighted by molar-refractivity contribution is 5.78. The van der Waals surface area contributed by atoms with Gasteiger partial charge in [0.25, 0.3) is 0 Å². The fourth-order valence-electron chi connectivity index (χ4n) is 6.18. The monoisotopic (exact) mass is 652 g/mol. The molecule has 47 heavy (non-hydrogen) atoms. The molecular weight excluding hydrogens is 622 g/mol. The van der Waals surface area contributed by atoms with Gasteiger partial charge in [0.2, 0.25) is 11.8 Å². The van der Waals surface area contributed by atoms with E-state index in [2.05, 4.69) is 29.6 Å². The van der Waals surface area contributed by atoms with Crippen LogP contribution in [0.15, 0.2) is 64.1 Å². The number of alkyl halides is 2. The van der Waals surface area contributed by atoms with Crippen molar-refractivity contribution in [3.8, 4) is 34.3 Å². The molecular formula is C31H30F2N6O8. The van der Waals surface area contributed by atoms with E-state index in [9.17, 15) is 23.5 Å². The molecule has 16 heteroatoms. The van der Waals surface area contributed by atoms with E-state index in [-0.39, 0.29) is 42.4 Å². The number of aliphatic carboxylic acids is 1. The molecule has 1 aromatic carbocycles. The second kappa shape index (κ2) is 12.3. The number of nitrogens with zero attached hydrogens (tertiary/aromatic N) is 5. The second-order valence-corrected chi connectivity index (χ2v) is 11.5. The molecule has 14 nitrogen and oxygen atoms in total. The molecule has 4 aromatic rings. The van der Waals surface area contributed by atoms with Crippen LogP contribution in [0.3, 0.4) is 0 Å². The number of hydrogen-bond acceptors (Lipinski definition) is 12. The Kier molecular flexibility index (Phi) is 7.97. The zero-order valence-electron chi connectivity index (χ0n) is 25.0. The van der Waals surface area contributed by atoms with Crippen molar-refractivity contribution in [3.63, 3.8) is 0 Å². The van der Waals surface area contributed by atoms with Gasteiger partial charge in [0.05, 0.1) is 38.7 Å². The van der Waals surface area contributed by atoms with E-state index in [1.54, 1.807) is 30.5 Å². The maximum absolute atomic E-state index is 12.9. The van der Waals surface area contributed by atoms with Gasteiger partial charge < -0.3 is 38.3 Å². The average Bonchev–Trinajstić information content (AvgIpc) is 3.72. The summed E-state index contributed by atoms with van der Waals surface area (Å²) in [6, 6.07) is 10.2. The quantitative estimate of drug-likeness (QED) is 0.271. The molecule has 7 rings (SSSR count). The first-order valence-electron chi connectivity index (χ1n) is 14.9. The number of anilines is 2. The number of carboxylic acid groups (broad SMARTS) is 1. The molecule has 0 radical (unpaired) electrons. The third-order valence-corrected chi connectivity index (χ3v) is 8.65. The maximum Gasteiger partial charge on any atom is 0.387 e. The number of rotatable bonds is 9. The zero-order valence-corrected chi connectivity index (χ0v) is 25.0. The molecule has 0 unspecified atom stereocenters. The third kappa shape index (κ3) is 5.96. The van der Waals surface area contributed by atoms with Crippen molar-refractivity contribution < 1.29 is 42.0 Å². The van der Waals surface area contributed by atoms with Gasteiger partial charge in [-0.05, 0) is 42.8 Å². The molecule has 1 spiro atoms. The van der Waals surface area contributed by atoms with E-state index >= 15 is 0 Å². The first-order chi connectivity index (χ1) is 22.7. The molecule has 6 heterocycles. The van der Waals surface area contributed by atoms with Gasteiger partial charge in [0.15, 0.2) is 11.6 Å². The van der Waals surface area contributed by atoms with Gasteiger partial charge in [-0.1, -0.05) is 12.1 Å². The number of aromatic amines is 1. The summed E-state index contributed by atoms with van der Waals surface area (Å²) < 4.78 is 53.9. The Labute approximate surface area is 265 Å². The summed E-state index contributed by atoms with van der Waals surface area (Å²) in [5.74, 6) is -0.565. The van der Waals surface area contributed by atoms with Crippen LogP contribution in [-0.4, -0.2) is 94.3 Å². The second-order valence-electron chi connectivity index (χ2n) is 11.5. The smallest absolute Gasteiger partial charge is 0.387 e. The number of nitrogens with one attached hydrogen (secondary N) is 1. The van der Waals surface area contributed by atoms with E-state index in [1.165, 1.54) is 23.3 Å². The van der Waals surface area contributed by atoms with Gasteiger partial charge in [-0.3, -0.25) is 4.98 Å². The van der Waals surface area contributed by atoms with Crippen LogP contribution in [0, 0.1) is 0 Å². The number of morpholine rings is 1. The molecule has 0 bridgehead atoms. The van der Waals surface area contributed by atoms with Crippen LogP contribution in [0.1, 0.15) is 13.3 Å².